The van der Waals surface area contributed by atoms with Crippen LogP contribution in [0.3, 0.4) is 0 Å². The molecule has 0 fully saturated rings. The number of nitrogens with one attached hydrogen (secondary N) is 1. The highest BCUT2D eigenvalue weighted by Crippen LogP contribution is 2.28. The maximum atomic E-state index is 13.1. The van der Waals surface area contributed by atoms with E-state index in [1.165, 1.54) is 0 Å². The fourth-order valence-electron chi connectivity index (χ4n) is 3.42. The number of amides is 1. The quantitative estimate of drug-likeness (QED) is 0.548. The number of carbonyl (C=O) groups excluding carboxylic acids is 1. The summed E-state index contributed by atoms with van der Waals surface area (Å²) in [5.41, 5.74) is 3.08. The SMILES string of the molecule is Cc1c(-c2ccccc2)oc2c(C(=O)Nc3cnccc3N(C)C)cccc2c1=O. The van der Waals surface area contributed by atoms with Crippen molar-refractivity contribution in [3.63, 3.8) is 0 Å². The van der Waals surface area contributed by atoms with Gasteiger partial charge < -0.3 is 14.6 Å². The number of hydrogen-bond donors (Lipinski definition) is 1. The topological polar surface area (TPSA) is 75.4 Å². The second-order valence-electron chi connectivity index (χ2n) is 7.17. The molecular formula is C24H21N3O3. The van der Waals surface area contributed by atoms with Gasteiger partial charge in [-0.25, -0.2) is 0 Å². The van der Waals surface area contributed by atoms with E-state index in [2.05, 4.69) is 10.3 Å². The van der Waals surface area contributed by atoms with Gasteiger partial charge in [-0.05, 0) is 25.1 Å². The molecule has 4 rings (SSSR count). The van der Waals surface area contributed by atoms with E-state index < -0.39 is 0 Å². The van der Waals surface area contributed by atoms with Gasteiger partial charge in [0.25, 0.3) is 5.91 Å². The number of nitrogens with zero attached hydrogens (tertiary/aromatic N) is 2. The first-order valence-electron chi connectivity index (χ1n) is 9.52. The molecule has 1 amide bonds. The standard InChI is InChI=1S/C24H21N3O3/c1-15-21(28)17-10-7-11-18(23(17)30-22(15)16-8-5-4-6-9-16)24(29)26-19-14-25-13-12-20(19)27(2)3/h4-14H,1-3H3,(H,26,29). The van der Waals surface area contributed by atoms with Gasteiger partial charge in [0.05, 0.1) is 28.5 Å². The molecule has 6 nitrogen and oxygen atoms in total. The van der Waals surface area contributed by atoms with Crippen LogP contribution in [-0.4, -0.2) is 25.0 Å². The molecule has 1 N–H and O–H groups in total. The van der Waals surface area contributed by atoms with Crippen LogP contribution >= 0.6 is 0 Å². The molecule has 0 aliphatic rings. The Kier molecular flexibility index (Phi) is 5.06. The van der Waals surface area contributed by atoms with Crippen molar-refractivity contribution in [2.75, 3.05) is 24.3 Å². The van der Waals surface area contributed by atoms with Crippen molar-refractivity contribution in [1.82, 2.24) is 4.98 Å². The van der Waals surface area contributed by atoms with E-state index in [1.807, 2.05) is 55.4 Å². The van der Waals surface area contributed by atoms with E-state index in [0.717, 1.165) is 11.3 Å². The van der Waals surface area contributed by atoms with Crippen LogP contribution in [0.1, 0.15) is 15.9 Å². The summed E-state index contributed by atoms with van der Waals surface area (Å²) in [7, 11) is 3.77. The van der Waals surface area contributed by atoms with Gasteiger partial charge in [-0.3, -0.25) is 14.6 Å². The Morgan fingerprint density at radius 2 is 1.80 bits per heavy atom. The largest absolute Gasteiger partial charge is 0.455 e. The molecule has 2 aromatic carbocycles. The number of para-hydroxylation sites is 1. The minimum atomic E-state index is -0.372. The third-order valence-corrected chi connectivity index (χ3v) is 4.95. The van der Waals surface area contributed by atoms with Crippen LogP contribution in [0.2, 0.25) is 0 Å². The molecule has 0 saturated carbocycles. The molecular weight excluding hydrogens is 378 g/mol. The number of carbonyl (C=O) groups is 1. The van der Waals surface area contributed by atoms with Crippen LogP contribution in [0, 0.1) is 6.92 Å². The first-order valence-corrected chi connectivity index (χ1v) is 9.52. The summed E-state index contributed by atoms with van der Waals surface area (Å²) >= 11 is 0. The molecule has 0 aliphatic carbocycles. The Hall–Kier alpha value is -3.93. The van der Waals surface area contributed by atoms with Gasteiger partial charge in [0.1, 0.15) is 5.76 Å². The summed E-state index contributed by atoms with van der Waals surface area (Å²) in [5.74, 6) is 0.0893. The Morgan fingerprint density at radius 3 is 2.53 bits per heavy atom. The highest BCUT2D eigenvalue weighted by molar-refractivity contribution is 6.12. The van der Waals surface area contributed by atoms with E-state index in [-0.39, 0.29) is 22.5 Å². The first-order chi connectivity index (χ1) is 14.5. The van der Waals surface area contributed by atoms with Crippen LogP contribution in [-0.2, 0) is 0 Å². The van der Waals surface area contributed by atoms with Crippen LogP contribution in [0.5, 0.6) is 0 Å². The summed E-state index contributed by atoms with van der Waals surface area (Å²) in [6, 6.07) is 16.2. The third kappa shape index (κ3) is 3.43. The monoisotopic (exact) mass is 399 g/mol. The highest BCUT2D eigenvalue weighted by atomic mass is 16.3. The molecule has 30 heavy (non-hydrogen) atoms. The molecule has 0 bridgehead atoms. The van der Waals surface area contributed by atoms with Gasteiger partial charge in [-0.15, -0.1) is 0 Å². The minimum absolute atomic E-state index is 0.153. The normalized spacial score (nSPS) is 10.8. The second kappa shape index (κ2) is 7.83. The Balaban J connectivity index is 1.85. The summed E-state index contributed by atoms with van der Waals surface area (Å²) in [4.78, 5) is 32.1. The number of fused-ring (bicyclic) bond motifs is 1. The predicted molar refractivity (Wildman–Crippen MR) is 119 cm³/mol. The van der Waals surface area contributed by atoms with E-state index in [1.54, 1.807) is 37.5 Å². The van der Waals surface area contributed by atoms with E-state index in [9.17, 15) is 9.59 Å². The molecule has 0 radical (unpaired) electrons. The van der Waals surface area contributed by atoms with Gasteiger partial charge in [0, 0.05) is 31.4 Å². The number of anilines is 2. The Bertz CT molecular complexity index is 1290. The second-order valence-corrected chi connectivity index (χ2v) is 7.17. The van der Waals surface area contributed by atoms with Crippen molar-refractivity contribution in [3.05, 3.63) is 88.3 Å². The van der Waals surface area contributed by atoms with E-state index in [4.69, 9.17) is 4.42 Å². The van der Waals surface area contributed by atoms with Crippen LogP contribution in [0.25, 0.3) is 22.3 Å². The van der Waals surface area contributed by atoms with Crippen LogP contribution in [0.15, 0.2) is 76.2 Å². The summed E-state index contributed by atoms with van der Waals surface area (Å²) < 4.78 is 6.14. The number of hydrogen-bond acceptors (Lipinski definition) is 5. The van der Waals surface area contributed by atoms with Crippen molar-refractivity contribution < 1.29 is 9.21 Å². The molecule has 0 spiro atoms. The average Bonchev–Trinajstić information content (AvgIpc) is 2.76. The lowest BCUT2D eigenvalue weighted by atomic mass is 10.0. The van der Waals surface area contributed by atoms with E-state index in [0.29, 0.717) is 22.4 Å². The lowest BCUT2D eigenvalue weighted by molar-refractivity contribution is 0.102. The average molecular weight is 399 g/mol. The fraction of sp³-hybridized carbons (Fsp3) is 0.125. The van der Waals surface area contributed by atoms with Crippen LogP contribution < -0.4 is 15.6 Å². The van der Waals surface area contributed by atoms with Crippen molar-refractivity contribution in [3.8, 4) is 11.3 Å². The molecule has 0 unspecified atom stereocenters. The molecule has 0 saturated heterocycles. The lowest BCUT2D eigenvalue weighted by Crippen LogP contribution is -2.18. The fourth-order valence-corrected chi connectivity index (χ4v) is 3.42. The van der Waals surface area contributed by atoms with E-state index >= 15 is 0 Å². The zero-order valence-corrected chi connectivity index (χ0v) is 17.0. The molecule has 2 aromatic heterocycles. The zero-order valence-electron chi connectivity index (χ0n) is 17.0. The van der Waals surface area contributed by atoms with Crippen molar-refractivity contribution in [2.45, 2.75) is 6.92 Å². The van der Waals surface area contributed by atoms with Gasteiger partial charge in [0.15, 0.2) is 11.0 Å². The van der Waals surface area contributed by atoms with Crippen molar-refractivity contribution >= 4 is 28.3 Å². The summed E-state index contributed by atoms with van der Waals surface area (Å²) in [5, 5.41) is 3.26. The lowest BCUT2D eigenvalue weighted by Gasteiger charge is -2.17. The molecule has 150 valence electrons. The van der Waals surface area contributed by atoms with Gasteiger partial charge in [0.2, 0.25) is 0 Å². The van der Waals surface area contributed by atoms with Gasteiger partial charge >= 0.3 is 0 Å². The van der Waals surface area contributed by atoms with Crippen molar-refractivity contribution in [1.29, 1.82) is 0 Å². The number of aromatic nitrogens is 1. The summed E-state index contributed by atoms with van der Waals surface area (Å²) in [6.07, 6.45) is 3.25. The number of pyridine rings is 1. The van der Waals surface area contributed by atoms with Gasteiger partial charge in [-0.2, -0.15) is 0 Å². The predicted octanol–water partition coefficient (Wildman–Crippen LogP) is 4.48. The molecule has 0 aliphatic heterocycles. The van der Waals surface area contributed by atoms with Crippen molar-refractivity contribution in [2.24, 2.45) is 0 Å². The Morgan fingerprint density at radius 1 is 1.03 bits per heavy atom. The maximum absolute atomic E-state index is 13.1. The minimum Gasteiger partial charge on any atom is -0.455 e. The molecule has 6 heteroatoms. The maximum Gasteiger partial charge on any atom is 0.259 e. The molecule has 4 aromatic rings. The van der Waals surface area contributed by atoms with Gasteiger partial charge in [-0.1, -0.05) is 36.4 Å². The van der Waals surface area contributed by atoms with Crippen LogP contribution in [0.4, 0.5) is 11.4 Å². The third-order valence-electron chi connectivity index (χ3n) is 4.95. The Labute approximate surface area is 173 Å². The molecule has 2 heterocycles. The number of benzene rings is 2. The first kappa shape index (κ1) is 19.4. The zero-order chi connectivity index (χ0) is 21.3. The summed E-state index contributed by atoms with van der Waals surface area (Å²) in [6.45, 7) is 1.74. The smallest absolute Gasteiger partial charge is 0.259 e. The molecule has 0 atom stereocenters. The highest BCUT2D eigenvalue weighted by Gasteiger charge is 2.19. The number of rotatable bonds is 4.